The molecule has 1 rings (SSSR count). The molecule has 0 radical (unpaired) electrons. The molecule has 1 aromatic rings. The van der Waals surface area contributed by atoms with Gasteiger partial charge in [0.1, 0.15) is 0 Å². The van der Waals surface area contributed by atoms with E-state index in [1.807, 2.05) is 0 Å². The first-order valence-corrected chi connectivity index (χ1v) is 8.32. The summed E-state index contributed by atoms with van der Waals surface area (Å²) in [6, 6.07) is 10.6. The molecule has 0 bridgehead atoms. The highest BCUT2D eigenvalue weighted by molar-refractivity contribution is 6.81. The van der Waals surface area contributed by atoms with Gasteiger partial charge < -0.3 is 0 Å². The second-order valence-electron chi connectivity index (χ2n) is 4.56. The summed E-state index contributed by atoms with van der Waals surface area (Å²) >= 11 is 0. The molecule has 0 N–H and O–H groups in total. The number of hydrogen-bond donors (Lipinski definition) is 0. The van der Waals surface area contributed by atoms with E-state index in [0.29, 0.717) is 0 Å². The van der Waals surface area contributed by atoms with Crippen molar-refractivity contribution in [1.82, 2.24) is 0 Å². The Morgan fingerprint density at radius 3 is 2.08 bits per heavy atom. The molecule has 1 heteroatoms. The molecule has 70 valence electrons. The first-order valence-electron chi connectivity index (χ1n) is 4.74. The van der Waals surface area contributed by atoms with Crippen molar-refractivity contribution in [2.45, 2.75) is 26.6 Å². The Morgan fingerprint density at radius 2 is 1.62 bits per heavy atom. The van der Waals surface area contributed by atoms with Gasteiger partial charge >= 0.3 is 0 Å². The quantitative estimate of drug-likeness (QED) is 0.619. The van der Waals surface area contributed by atoms with E-state index in [9.17, 15) is 0 Å². The smallest absolute Gasteiger partial charge is 0.0690 e. The SMILES string of the molecule is CC(=C[Si](C)(C)C)c1ccccc1. The monoisotopic (exact) mass is 190 g/mol. The lowest BCUT2D eigenvalue weighted by Gasteiger charge is -2.11. The van der Waals surface area contributed by atoms with E-state index in [-0.39, 0.29) is 0 Å². The predicted molar refractivity (Wildman–Crippen MR) is 63.4 cm³/mol. The zero-order valence-corrected chi connectivity index (χ0v) is 9.96. The van der Waals surface area contributed by atoms with Crippen LogP contribution in [-0.4, -0.2) is 8.07 Å². The standard InChI is InChI=1S/C12H18Si/c1-11(10-13(2,3)4)12-8-6-5-7-9-12/h5-10H,1-4H3. The first-order chi connectivity index (χ1) is 5.99. The summed E-state index contributed by atoms with van der Waals surface area (Å²) in [5.41, 5.74) is 5.21. The lowest BCUT2D eigenvalue weighted by Crippen LogP contribution is -2.16. The summed E-state index contributed by atoms with van der Waals surface area (Å²) in [6.45, 7) is 9.28. The minimum atomic E-state index is -1.07. The van der Waals surface area contributed by atoms with Gasteiger partial charge in [0.25, 0.3) is 0 Å². The second kappa shape index (κ2) is 3.92. The molecule has 0 saturated heterocycles. The molecule has 0 heterocycles. The molecule has 13 heavy (non-hydrogen) atoms. The van der Waals surface area contributed by atoms with Gasteiger partial charge in [-0.2, -0.15) is 0 Å². The van der Waals surface area contributed by atoms with Gasteiger partial charge in [-0.3, -0.25) is 0 Å². The third-order valence-corrected chi connectivity index (χ3v) is 3.18. The van der Waals surface area contributed by atoms with Crippen molar-refractivity contribution in [1.29, 1.82) is 0 Å². The summed E-state index contributed by atoms with van der Waals surface area (Å²) in [5.74, 6) is 0. The van der Waals surface area contributed by atoms with Crippen LogP contribution in [-0.2, 0) is 0 Å². The van der Waals surface area contributed by atoms with Gasteiger partial charge in [0.05, 0.1) is 8.07 Å². The third kappa shape index (κ3) is 3.60. The van der Waals surface area contributed by atoms with Crippen LogP contribution in [0.5, 0.6) is 0 Å². The highest BCUT2D eigenvalue weighted by Gasteiger charge is 2.09. The Balaban J connectivity index is 2.92. The summed E-state index contributed by atoms with van der Waals surface area (Å²) in [4.78, 5) is 0. The molecule has 0 aromatic heterocycles. The largest absolute Gasteiger partial charge is 0.0916 e. The number of benzene rings is 1. The normalized spacial score (nSPS) is 13.1. The molecule has 0 amide bonds. The van der Waals surface area contributed by atoms with Crippen molar-refractivity contribution in [3.05, 3.63) is 41.6 Å². The summed E-state index contributed by atoms with van der Waals surface area (Å²) in [7, 11) is -1.07. The van der Waals surface area contributed by atoms with E-state index in [1.54, 1.807) is 0 Å². The average molecular weight is 190 g/mol. The van der Waals surface area contributed by atoms with Gasteiger partial charge in [-0.05, 0) is 12.5 Å². The van der Waals surface area contributed by atoms with Crippen LogP contribution in [0.25, 0.3) is 5.57 Å². The third-order valence-electron chi connectivity index (χ3n) is 1.88. The molecule has 0 unspecified atom stereocenters. The number of hydrogen-bond acceptors (Lipinski definition) is 0. The summed E-state index contributed by atoms with van der Waals surface area (Å²) in [5, 5.41) is 0. The van der Waals surface area contributed by atoms with E-state index >= 15 is 0 Å². The lowest BCUT2D eigenvalue weighted by molar-refractivity contribution is 1.57. The van der Waals surface area contributed by atoms with Crippen molar-refractivity contribution < 1.29 is 0 Å². The Hall–Kier alpha value is -0.823. The van der Waals surface area contributed by atoms with E-state index in [0.717, 1.165) is 0 Å². The maximum absolute atomic E-state index is 2.45. The van der Waals surface area contributed by atoms with Crippen LogP contribution in [0.15, 0.2) is 36.0 Å². The Labute approximate surface area is 82.3 Å². The van der Waals surface area contributed by atoms with E-state index < -0.39 is 8.07 Å². The fourth-order valence-electron chi connectivity index (χ4n) is 1.43. The number of allylic oxidation sites excluding steroid dienone is 1. The summed E-state index contributed by atoms with van der Waals surface area (Å²) in [6.07, 6.45) is 0. The molecule has 1 aromatic carbocycles. The Bertz CT molecular complexity index is 291. The van der Waals surface area contributed by atoms with Crippen LogP contribution in [0.3, 0.4) is 0 Å². The van der Waals surface area contributed by atoms with E-state index in [2.05, 4.69) is 62.6 Å². The van der Waals surface area contributed by atoms with Crippen LogP contribution < -0.4 is 0 Å². The fraction of sp³-hybridized carbons (Fsp3) is 0.333. The van der Waals surface area contributed by atoms with Gasteiger partial charge in [-0.15, -0.1) is 0 Å². The lowest BCUT2D eigenvalue weighted by atomic mass is 10.1. The molecular weight excluding hydrogens is 172 g/mol. The fourth-order valence-corrected chi connectivity index (χ4v) is 2.90. The topological polar surface area (TPSA) is 0 Å². The second-order valence-corrected chi connectivity index (χ2v) is 9.58. The molecule has 0 aliphatic rings. The van der Waals surface area contributed by atoms with E-state index in [4.69, 9.17) is 0 Å². The highest BCUT2D eigenvalue weighted by atomic mass is 28.3. The van der Waals surface area contributed by atoms with Crippen LogP contribution in [0.2, 0.25) is 19.6 Å². The van der Waals surface area contributed by atoms with Crippen molar-refractivity contribution in [3.8, 4) is 0 Å². The highest BCUT2D eigenvalue weighted by Crippen LogP contribution is 2.16. The summed E-state index contributed by atoms with van der Waals surface area (Å²) < 4.78 is 0. The zero-order chi connectivity index (χ0) is 9.90. The molecule has 0 atom stereocenters. The van der Waals surface area contributed by atoms with Crippen molar-refractivity contribution in [2.75, 3.05) is 0 Å². The van der Waals surface area contributed by atoms with Gasteiger partial charge in [0.2, 0.25) is 0 Å². The van der Waals surface area contributed by atoms with Crippen LogP contribution >= 0.6 is 0 Å². The first kappa shape index (κ1) is 10.3. The Morgan fingerprint density at radius 1 is 1.08 bits per heavy atom. The zero-order valence-electron chi connectivity index (χ0n) is 8.96. The maximum Gasteiger partial charge on any atom is 0.0690 e. The van der Waals surface area contributed by atoms with Gasteiger partial charge in [0.15, 0.2) is 0 Å². The number of rotatable bonds is 2. The maximum atomic E-state index is 2.45. The average Bonchev–Trinajstić information content (AvgIpc) is 2.03. The van der Waals surface area contributed by atoms with Gasteiger partial charge in [-0.25, -0.2) is 0 Å². The molecule has 0 nitrogen and oxygen atoms in total. The predicted octanol–water partition coefficient (Wildman–Crippen LogP) is 3.97. The van der Waals surface area contributed by atoms with Gasteiger partial charge in [-0.1, -0.05) is 61.2 Å². The molecular formula is C12H18Si. The minimum absolute atomic E-state index is 1.07. The molecule has 0 spiro atoms. The van der Waals surface area contributed by atoms with Crippen LogP contribution in [0.1, 0.15) is 12.5 Å². The minimum Gasteiger partial charge on any atom is -0.0916 e. The van der Waals surface area contributed by atoms with Crippen LogP contribution in [0.4, 0.5) is 0 Å². The molecule has 0 aliphatic heterocycles. The van der Waals surface area contributed by atoms with Gasteiger partial charge in [0, 0.05) is 0 Å². The van der Waals surface area contributed by atoms with Crippen molar-refractivity contribution in [2.24, 2.45) is 0 Å². The van der Waals surface area contributed by atoms with Crippen molar-refractivity contribution >= 4 is 13.6 Å². The van der Waals surface area contributed by atoms with Crippen molar-refractivity contribution in [3.63, 3.8) is 0 Å². The molecule has 0 aliphatic carbocycles. The molecule has 0 fully saturated rings. The Kier molecular flexibility index (Phi) is 3.10. The van der Waals surface area contributed by atoms with E-state index in [1.165, 1.54) is 11.1 Å². The van der Waals surface area contributed by atoms with Crippen LogP contribution in [0, 0.1) is 0 Å². The molecule has 0 saturated carbocycles.